The van der Waals surface area contributed by atoms with E-state index in [1.54, 1.807) is 24.3 Å². The average molecular weight is 950 g/mol. The zero-order valence-corrected chi connectivity index (χ0v) is 37.8. The van der Waals surface area contributed by atoms with Crippen LogP contribution in [0.25, 0.3) is 0 Å². The Hall–Kier alpha value is -0.380. The summed E-state index contributed by atoms with van der Waals surface area (Å²) in [6.07, 6.45) is 9.22. The monoisotopic (exact) mass is 946 g/mol. The van der Waals surface area contributed by atoms with Crippen molar-refractivity contribution in [3.63, 3.8) is 0 Å². The van der Waals surface area contributed by atoms with E-state index in [0.717, 1.165) is 99.4 Å². The molecule has 4 N–H and O–H groups in total. The second kappa shape index (κ2) is 25.1. The molecule has 2 aromatic carbocycles. The predicted molar refractivity (Wildman–Crippen MR) is 194 cm³/mol. The number of ether oxygens (including phenoxy) is 1. The van der Waals surface area contributed by atoms with Gasteiger partial charge in [-0.05, 0) is 36.8 Å². The van der Waals surface area contributed by atoms with Gasteiger partial charge in [-0.25, -0.2) is 9.59 Å². The molecule has 0 aromatic heterocycles. The number of quaternary nitrogens is 2. The molecule has 2 aliphatic heterocycles. The van der Waals surface area contributed by atoms with Gasteiger partial charge in [0.15, 0.2) is 17.3 Å². The summed E-state index contributed by atoms with van der Waals surface area (Å²) >= 11 is 0. The predicted octanol–water partition coefficient (Wildman–Crippen LogP) is -6.28. The summed E-state index contributed by atoms with van der Waals surface area (Å²) in [4.78, 5) is 24.3. The van der Waals surface area contributed by atoms with Crippen LogP contribution in [0.2, 0.25) is 0 Å². The van der Waals surface area contributed by atoms with Crippen molar-refractivity contribution in [3.05, 3.63) is 71.8 Å². The number of hydrogen-bond donors (Lipinski definition) is 4. The standard InChI is InChI=1S/C19H28NO3.C13H16O3.C6H14NO.2CH4.3BrH.Na/c1-20(2)13-12-17(14-20)23-18(21)19(22,16-10-6-7-11-16)15-8-4-3-5-9-15;14-12(15)13(16,11-8-4-5-9-11)10-6-2-1-3-7-10;1-7(2)4-3-6(8)5-7;;;;;;/h3-5,8-9,16-17,22H,6-7,10-14H2,1-2H3;1-3,6-7,11,16H,4-5,8-9H2,(H,14,15);6,8H,3-5H2,1-2H3;2*1H4;3*1H;/q+1;;+1;;;;;;+1/p-3. The molecule has 9 nitrogen and oxygen atoms in total. The number of aliphatic carboxylic acids is 1. The number of hydrogen-bond acceptors (Lipinski definition) is 6. The fourth-order valence-electron chi connectivity index (χ4n) is 7.94. The van der Waals surface area contributed by atoms with Crippen LogP contribution < -0.4 is 80.5 Å². The number of likely N-dealkylation sites (N-methyl/N-ethyl adjacent to an activating group) is 2. The number of halogens is 3. The van der Waals surface area contributed by atoms with Gasteiger partial charge in [-0.3, -0.25) is 0 Å². The van der Waals surface area contributed by atoms with Crippen LogP contribution in [0.15, 0.2) is 60.7 Å². The number of carbonyl (C=O) groups is 2. The van der Waals surface area contributed by atoms with E-state index in [0.29, 0.717) is 11.1 Å². The average Bonchev–Trinajstić information content (AvgIpc) is 3.87. The summed E-state index contributed by atoms with van der Waals surface area (Å²) in [6.45, 7) is 3.88. The van der Waals surface area contributed by atoms with E-state index in [9.17, 15) is 24.9 Å². The quantitative estimate of drug-likeness (QED) is 0.124. The largest absolute Gasteiger partial charge is 1.00 e. The van der Waals surface area contributed by atoms with Gasteiger partial charge in [0.05, 0.1) is 41.3 Å². The van der Waals surface area contributed by atoms with Crippen LogP contribution in [-0.4, -0.2) is 108 Å². The van der Waals surface area contributed by atoms with E-state index in [2.05, 4.69) is 28.2 Å². The summed E-state index contributed by atoms with van der Waals surface area (Å²) in [5.74, 6) is -1.79. The first-order valence-corrected chi connectivity index (χ1v) is 17.5. The normalized spacial score (nSPS) is 23.2. The number of carboxylic acids is 1. The molecule has 2 saturated heterocycles. The maximum absolute atomic E-state index is 12.9. The minimum atomic E-state index is -1.71. The van der Waals surface area contributed by atoms with Gasteiger partial charge in [0.2, 0.25) is 0 Å². The molecule has 300 valence electrons. The summed E-state index contributed by atoms with van der Waals surface area (Å²) in [5, 5.41) is 40.2. The van der Waals surface area contributed by atoms with Gasteiger partial charge < -0.3 is 85.1 Å². The summed E-state index contributed by atoms with van der Waals surface area (Å²) < 4.78 is 7.63. The van der Waals surface area contributed by atoms with E-state index in [4.69, 9.17) is 9.84 Å². The van der Waals surface area contributed by atoms with Crippen molar-refractivity contribution in [2.75, 3.05) is 54.4 Å². The summed E-state index contributed by atoms with van der Waals surface area (Å²) in [7, 11) is 8.59. The Balaban J connectivity index is -0.000000735. The van der Waals surface area contributed by atoms with Crippen molar-refractivity contribution in [1.29, 1.82) is 0 Å². The molecule has 4 aliphatic rings. The molecule has 4 fully saturated rings. The molecule has 0 amide bonds. The second-order valence-corrected chi connectivity index (χ2v) is 15.5. The van der Waals surface area contributed by atoms with Crippen LogP contribution in [0.1, 0.15) is 90.2 Å². The zero-order chi connectivity index (χ0) is 34.3. The topological polar surface area (TPSA) is 124 Å². The van der Waals surface area contributed by atoms with Crippen LogP contribution in [0, 0.1) is 11.8 Å². The molecule has 13 heteroatoms. The van der Waals surface area contributed by atoms with Crippen LogP contribution >= 0.6 is 0 Å². The van der Waals surface area contributed by atoms with Crippen LogP contribution in [-0.2, 0) is 25.5 Å². The smallest absolute Gasteiger partial charge is 1.00 e. The number of aliphatic hydroxyl groups excluding tert-OH is 1. The molecule has 0 spiro atoms. The number of aliphatic hydroxyl groups is 3. The SMILES string of the molecule is C.C.C[N+]1(C)CCC(O)C1.C[N+]1(C)CCC(OC(=O)C(O)(c2ccccc2)C2CCCC2)C1.O=C(O)C(O)(c1ccccc1)C1CCCC1.[Br-].[Br-].[Br-].[Na+]. The first-order chi connectivity index (χ1) is 22.2. The molecular weight excluding hydrogens is 883 g/mol. The molecule has 2 heterocycles. The minimum Gasteiger partial charge on any atom is -1.00 e. The summed E-state index contributed by atoms with van der Waals surface area (Å²) in [5.41, 5.74) is -2.05. The maximum atomic E-state index is 12.9. The molecule has 53 heavy (non-hydrogen) atoms. The Morgan fingerprint density at radius 1 is 0.642 bits per heavy atom. The third kappa shape index (κ3) is 15.1. The number of nitrogens with zero attached hydrogens (tertiary/aromatic N) is 2. The first-order valence-electron chi connectivity index (χ1n) is 17.5. The molecule has 2 saturated carbocycles. The number of carboxylic acid groups (broad SMARTS) is 1. The molecule has 0 radical (unpaired) electrons. The van der Waals surface area contributed by atoms with Gasteiger partial charge in [0.1, 0.15) is 19.2 Å². The Labute approximate surface area is 373 Å². The Bertz CT molecular complexity index is 1320. The molecule has 2 aromatic rings. The van der Waals surface area contributed by atoms with E-state index < -0.39 is 23.1 Å². The minimum absolute atomic E-state index is 0. The molecular formula is C40H66Br3N2NaO7. The Morgan fingerprint density at radius 2 is 1.02 bits per heavy atom. The fraction of sp³-hybridized carbons (Fsp3) is 0.650. The molecule has 0 bridgehead atoms. The number of esters is 1. The number of likely N-dealkylation sites (tertiary alicyclic amines) is 2. The van der Waals surface area contributed by atoms with Crippen LogP contribution in [0.4, 0.5) is 0 Å². The van der Waals surface area contributed by atoms with E-state index in [1.165, 1.54) is 0 Å². The molecule has 6 rings (SSSR count). The number of carbonyl (C=O) groups excluding carboxylic acids is 1. The maximum Gasteiger partial charge on any atom is 1.00 e. The van der Waals surface area contributed by atoms with Gasteiger partial charge in [0, 0.05) is 24.7 Å². The number of rotatable bonds is 7. The van der Waals surface area contributed by atoms with Gasteiger partial charge in [0.25, 0.3) is 0 Å². The van der Waals surface area contributed by atoms with Gasteiger partial charge in [-0.15, -0.1) is 0 Å². The third-order valence-electron chi connectivity index (χ3n) is 10.8. The third-order valence-corrected chi connectivity index (χ3v) is 10.8. The zero-order valence-electron chi connectivity index (χ0n) is 31.0. The van der Waals surface area contributed by atoms with Crippen LogP contribution in [0.3, 0.4) is 0 Å². The molecule has 4 unspecified atom stereocenters. The first kappa shape index (κ1) is 56.9. The van der Waals surface area contributed by atoms with E-state index >= 15 is 0 Å². The Kier molecular flexibility index (Phi) is 26.9. The van der Waals surface area contributed by atoms with Crippen molar-refractivity contribution >= 4 is 11.9 Å². The van der Waals surface area contributed by atoms with Gasteiger partial charge in [-0.1, -0.05) is 101 Å². The van der Waals surface area contributed by atoms with E-state index in [-0.39, 0.29) is 119 Å². The molecule has 2 aliphatic carbocycles. The van der Waals surface area contributed by atoms with Crippen LogP contribution in [0.5, 0.6) is 0 Å². The second-order valence-electron chi connectivity index (χ2n) is 15.5. The Morgan fingerprint density at radius 3 is 1.34 bits per heavy atom. The van der Waals surface area contributed by atoms with Crippen molar-refractivity contribution in [1.82, 2.24) is 0 Å². The van der Waals surface area contributed by atoms with E-state index in [1.807, 2.05) is 36.4 Å². The summed E-state index contributed by atoms with van der Waals surface area (Å²) in [6, 6.07) is 18.1. The van der Waals surface area contributed by atoms with Crippen molar-refractivity contribution < 1.29 is 124 Å². The fourth-order valence-corrected chi connectivity index (χ4v) is 7.94. The van der Waals surface area contributed by atoms with Gasteiger partial charge in [-0.2, -0.15) is 0 Å². The number of benzene rings is 2. The van der Waals surface area contributed by atoms with Crippen molar-refractivity contribution in [2.24, 2.45) is 11.8 Å². The molecule has 4 atom stereocenters. The van der Waals surface area contributed by atoms with Crippen molar-refractivity contribution in [2.45, 2.75) is 102 Å². The van der Waals surface area contributed by atoms with Crippen molar-refractivity contribution in [3.8, 4) is 0 Å². The van der Waals surface area contributed by atoms with Gasteiger partial charge >= 0.3 is 41.5 Å².